The Labute approximate surface area is 116 Å². The fourth-order valence-corrected chi connectivity index (χ4v) is 3.56. The van der Waals surface area contributed by atoms with Crippen molar-refractivity contribution in [2.24, 2.45) is 11.8 Å². The number of aromatic nitrogens is 3. The van der Waals surface area contributed by atoms with Crippen LogP contribution in [0.1, 0.15) is 6.92 Å². The second-order valence-electron chi connectivity index (χ2n) is 5.54. The van der Waals surface area contributed by atoms with Crippen molar-refractivity contribution >= 4 is 23.2 Å². The van der Waals surface area contributed by atoms with Gasteiger partial charge in [0.15, 0.2) is 5.65 Å². The molecule has 4 rings (SSSR count). The number of fused-ring (bicyclic) bond motifs is 2. The van der Waals surface area contributed by atoms with Crippen LogP contribution in [-0.2, 0) is 0 Å². The number of nitrogens with one attached hydrogen (secondary N) is 1. The van der Waals surface area contributed by atoms with Crippen LogP contribution in [0, 0.1) is 11.8 Å². The molecule has 2 aromatic heterocycles. The smallest absolute Gasteiger partial charge is 0.245 e. The Morgan fingerprint density at radius 2 is 2.26 bits per heavy atom. The molecule has 6 heteroatoms. The third kappa shape index (κ3) is 1.72. The molecule has 2 fully saturated rings. The van der Waals surface area contributed by atoms with Gasteiger partial charge in [-0.05, 0) is 30.9 Å². The number of anilines is 1. The largest absolute Gasteiger partial charge is 0.336 e. The van der Waals surface area contributed by atoms with E-state index in [0.717, 1.165) is 43.1 Å². The molecule has 0 spiro atoms. The lowest BCUT2D eigenvalue weighted by Crippen LogP contribution is -2.33. The molecule has 2 aliphatic rings. The Bertz CT molecular complexity index is 625. The Kier molecular flexibility index (Phi) is 2.47. The van der Waals surface area contributed by atoms with E-state index in [1.165, 1.54) is 0 Å². The first kappa shape index (κ1) is 11.5. The fraction of sp³-hybridized carbons (Fsp3) is 0.538. The molecule has 0 radical (unpaired) electrons. The van der Waals surface area contributed by atoms with Gasteiger partial charge < -0.3 is 10.2 Å². The third-order valence-corrected chi connectivity index (χ3v) is 4.70. The second-order valence-corrected chi connectivity index (χ2v) is 5.97. The lowest BCUT2D eigenvalue weighted by atomic mass is 9.95. The lowest BCUT2D eigenvalue weighted by Gasteiger charge is -2.22. The van der Waals surface area contributed by atoms with Gasteiger partial charge in [0.25, 0.3) is 0 Å². The minimum absolute atomic E-state index is 0.493. The highest BCUT2D eigenvalue weighted by Gasteiger charge is 2.43. The molecule has 0 amide bonds. The van der Waals surface area contributed by atoms with E-state index in [9.17, 15) is 0 Å². The SMILES string of the molecule is CC1C2CNCC2CN1c1nc2ccc(Cl)cn2n1. The summed E-state index contributed by atoms with van der Waals surface area (Å²) < 4.78 is 1.76. The summed E-state index contributed by atoms with van der Waals surface area (Å²) >= 11 is 5.98. The molecule has 0 saturated carbocycles. The van der Waals surface area contributed by atoms with Crippen molar-refractivity contribution in [3.05, 3.63) is 23.4 Å². The average Bonchev–Trinajstić information content (AvgIpc) is 3.04. The predicted octanol–water partition coefficient (Wildman–Crippen LogP) is 1.43. The highest BCUT2D eigenvalue weighted by atomic mass is 35.5. The summed E-state index contributed by atoms with van der Waals surface area (Å²) in [5.41, 5.74) is 0.849. The molecule has 5 nitrogen and oxygen atoms in total. The maximum atomic E-state index is 5.98. The first-order chi connectivity index (χ1) is 9.22. The average molecular weight is 278 g/mol. The van der Waals surface area contributed by atoms with E-state index in [-0.39, 0.29) is 0 Å². The molecular formula is C13H16ClN5. The van der Waals surface area contributed by atoms with E-state index in [2.05, 4.69) is 27.2 Å². The maximum absolute atomic E-state index is 5.98. The van der Waals surface area contributed by atoms with Crippen LogP contribution >= 0.6 is 11.6 Å². The van der Waals surface area contributed by atoms with Gasteiger partial charge in [0.2, 0.25) is 5.95 Å². The molecule has 3 unspecified atom stereocenters. The summed E-state index contributed by atoms with van der Waals surface area (Å²) in [6, 6.07) is 4.25. The molecule has 2 saturated heterocycles. The third-order valence-electron chi connectivity index (χ3n) is 4.48. The second kappa shape index (κ2) is 4.08. The van der Waals surface area contributed by atoms with Crippen LogP contribution < -0.4 is 10.2 Å². The summed E-state index contributed by atoms with van der Waals surface area (Å²) in [5, 5.41) is 8.71. The zero-order chi connectivity index (χ0) is 13.0. The van der Waals surface area contributed by atoms with Crippen LogP contribution in [0.25, 0.3) is 5.65 Å². The minimum atomic E-state index is 0.493. The number of halogens is 1. The van der Waals surface area contributed by atoms with Crippen molar-refractivity contribution in [3.63, 3.8) is 0 Å². The molecular weight excluding hydrogens is 262 g/mol. The minimum Gasteiger partial charge on any atom is -0.336 e. The van der Waals surface area contributed by atoms with Crippen molar-refractivity contribution in [1.29, 1.82) is 0 Å². The Morgan fingerprint density at radius 1 is 1.37 bits per heavy atom. The van der Waals surface area contributed by atoms with Gasteiger partial charge in [-0.25, -0.2) is 4.52 Å². The number of pyridine rings is 1. The van der Waals surface area contributed by atoms with Crippen LogP contribution in [0.15, 0.2) is 18.3 Å². The first-order valence-electron chi connectivity index (χ1n) is 6.71. The number of nitrogens with zero attached hydrogens (tertiary/aromatic N) is 4. The Morgan fingerprint density at radius 3 is 3.11 bits per heavy atom. The van der Waals surface area contributed by atoms with Crippen molar-refractivity contribution in [1.82, 2.24) is 19.9 Å². The quantitative estimate of drug-likeness (QED) is 0.857. The van der Waals surface area contributed by atoms with Crippen molar-refractivity contribution in [2.75, 3.05) is 24.5 Å². The van der Waals surface area contributed by atoms with E-state index in [4.69, 9.17) is 11.6 Å². The van der Waals surface area contributed by atoms with E-state index >= 15 is 0 Å². The van der Waals surface area contributed by atoms with Gasteiger partial charge in [0, 0.05) is 31.9 Å². The molecule has 3 atom stereocenters. The number of hydrogen-bond donors (Lipinski definition) is 1. The van der Waals surface area contributed by atoms with Gasteiger partial charge in [-0.1, -0.05) is 11.6 Å². The predicted molar refractivity (Wildman–Crippen MR) is 74.7 cm³/mol. The standard InChI is InChI=1S/C13H16ClN5/c1-8-11-5-15-4-9(11)6-18(8)13-16-12-3-2-10(14)7-19(12)17-13/h2-3,7-9,11,15H,4-6H2,1H3. The summed E-state index contributed by atoms with van der Waals surface area (Å²) in [6.07, 6.45) is 1.80. The molecule has 2 aromatic rings. The molecule has 0 aromatic carbocycles. The molecule has 2 aliphatic heterocycles. The topological polar surface area (TPSA) is 45.5 Å². The summed E-state index contributed by atoms with van der Waals surface area (Å²) in [5.74, 6) is 2.27. The molecule has 100 valence electrons. The van der Waals surface area contributed by atoms with Crippen LogP contribution in [0.4, 0.5) is 5.95 Å². The fourth-order valence-electron chi connectivity index (χ4n) is 3.40. The number of rotatable bonds is 1. The van der Waals surface area contributed by atoms with Gasteiger partial charge in [-0.15, -0.1) is 5.10 Å². The highest BCUT2D eigenvalue weighted by molar-refractivity contribution is 6.30. The molecule has 0 aliphatic carbocycles. The normalized spacial score (nSPS) is 30.2. The van der Waals surface area contributed by atoms with Crippen molar-refractivity contribution in [3.8, 4) is 0 Å². The van der Waals surface area contributed by atoms with Crippen LogP contribution in [0.2, 0.25) is 5.02 Å². The number of hydrogen-bond acceptors (Lipinski definition) is 4. The van der Waals surface area contributed by atoms with Crippen molar-refractivity contribution < 1.29 is 0 Å². The van der Waals surface area contributed by atoms with Gasteiger partial charge in [0.05, 0.1) is 5.02 Å². The van der Waals surface area contributed by atoms with Gasteiger partial charge >= 0.3 is 0 Å². The van der Waals surface area contributed by atoms with Gasteiger partial charge in [-0.2, -0.15) is 4.98 Å². The summed E-state index contributed by atoms with van der Waals surface area (Å²) in [7, 11) is 0. The lowest BCUT2D eigenvalue weighted by molar-refractivity contribution is 0.471. The van der Waals surface area contributed by atoms with Crippen LogP contribution in [0.5, 0.6) is 0 Å². The van der Waals surface area contributed by atoms with E-state index in [1.54, 1.807) is 10.7 Å². The summed E-state index contributed by atoms with van der Waals surface area (Å²) in [4.78, 5) is 6.94. The van der Waals surface area contributed by atoms with Gasteiger partial charge in [0.1, 0.15) is 0 Å². The monoisotopic (exact) mass is 277 g/mol. The maximum Gasteiger partial charge on any atom is 0.245 e. The highest BCUT2D eigenvalue weighted by Crippen LogP contribution is 2.34. The molecule has 0 bridgehead atoms. The zero-order valence-electron chi connectivity index (χ0n) is 10.8. The van der Waals surface area contributed by atoms with Gasteiger partial charge in [-0.3, -0.25) is 0 Å². The Hall–Kier alpha value is -1.33. The molecule has 1 N–H and O–H groups in total. The summed E-state index contributed by atoms with van der Waals surface area (Å²) in [6.45, 7) is 5.55. The van der Waals surface area contributed by atoms with Crippen molar-refractivity contribution in [2.45, 2.75) is 13.0 Å². The van der Waals surface area contributed by atoms with Crippen LogP contribution in [-0.4, -0.2) is 40.3 Å². The van der Waals surface area contributed by atoms with E-state index in [1.807, 2.05) is 12.1 Å². The molecule has 19 heavy (non-hydrogen) atoms. The Balaban J connectivity index is 1.71. The van der Waals surface area contributed by atoms with E-state index < -0.39 is 0 Å². The van der Waals surface area contributed by atoms with E-state index in [0.29, 0.717) is 11.1 Å². The first-order valence-corrected chi connectivity index (χ1v) is 7.09. The van der Waals surface area contributed by atoms with Crippen LogP contribution in [0.3, 0.4) is 0 Å². The zero-order valence-corrected chi connectivity index (χ0v) is 11.5. The molecule has 4 heterocycles.